The smallest absolute Gasteiger partial charge is 0.107 e. The number of nitrogens with zero attached hydrogens (tertiary/aromatic N) is 2. The highest BCUT2D eigenvalue weighted by Gasteiger charge is 2.52. The van der Waals surface area contributed by atoms with Gasteiger partial charge < -0.3 is 4.48 Å². The van der Waals surface area contributed by atoms with Crippen molar-refractivity contribution in [1.29, 1.82) is 5.26 Å². The van der Waals surface area contributed by atoms with E-state index in [9.17, 15) is 5.26 Å². The maximum Gasteiger partial charge on any atom is 0.107 e. The number of quaternary nitrogens is 1. The molecule has 2 heteroatoms. The Morgan fingerprint density at radius 3 is 1.72 bits per heavy atom. The molecule has 162 valence electrons. The summed E-state index contributed by atoms with van der Waals surface area (Å²) in [6.45, 7) is 1.13. The van der Waals surface area contributed by atoms with Crippen LogP contribution >= 0.6 is 0 Å². The van der Waals surface area contributed by atoms with E-state index < -0.39 is 5.41 Å². The van der Waals surface area contributed by atoms with Crippen molar-refractivity contribution in [3.05, 3.63) is 108 Å². The summed E-state index contributed by atoms with van der Waals surface area (Å²) >= 11 is 0. The Morgan fingerprint density at radius 2 is 1.25 bits per heavy atom. The van der Waals surface area contributed by atoms with E-state index in [-0.39, 0.29) is 0 Å². The average molecular weight is 422 g/mol. The van der Waals surface area contributed by atoms with Gasteiger partial charge in [-0.2, -0.15) is 5.26 Å². The Balaban J connectivity index is 1.43. The van der Waals surface area contributed by atoms with Crippen molar-refractivity contribution in [2.24, 2.45) is 5.92 Å². The van der Waals surface area contributed by atoms with Gasteiger partial charge in [0.1, 0.15) is 12.0 Å². The van der Waals surface area contributed by atoms with E-state index in [2.05, 4.69) is 92.0 Å². The van der Waals surface area contributed by atoms with E-state index in [1.54, 1.807) is 0 Å². The van der Waals surface area contributed by atoms with E-state index in [1.807, 2.05) is 12.1 Å². The van der Waals surface area contributed by atoms with Crippen LogP contribution in [0.5, 0.6) is 0 Å². The maximum absolute atomic E-state index is 10.6. The molecule has 0 N–H and O–H groups in total. The molecule has 0 saturated carbocycles. The zero-order chi connectivity index (χ0) is 22.0. The fourth-order valence-corrected chi connectivity index (χ4v) is 6.71. The number of hydrogen-bond donors (Lipinski definition) is 0. The predicted molar refractivity (Wildman–Crippen MR) is 130 cm³/mol. The van der Waals surface area contributed by atoms with Crippen LogP contribution in [-0.2, 0) is 12.0 Å². The largest absolute Gasteiger partial charge is 0.317 e. The first-order valence-electron chi connectivity index (χ1n) is 12.1. The number of benzene rings is 3. The molecule has 32 heavy (non-hydrogen) atoms. The van der Waals surface area contributed by atoms with E-state index in [1.165, 1.54) is 35.7 Å². The van der Waals surface area contributed by atoms with Gasteiger partial charge in [0.2, 0.25) is 0 Å². The van der Waals surface area contributed by atoms with Gasteiger partial charge in [0.25, 0.3) is 0 Å². The van der Waals surface area contributed by atoms with E-state index >= 15 is 0 Å². The van der Waals surface area contributed by atoms with Crippen LogP contribution in [-0.4, -0.2) is 23.6 Å². The summed E-state index contributed by atoms with van der Waals surface area (Å²) in [5.41, 5.74) is 3.14. The zero-order valence-corrected chi connectivity index (χ0v) is 19.0. The van der Waals surface area contributed by atoms with Gasteiger partial charge in [0, 0.05) is 31.2 Å². The van der Waals surface area contributed by atoms with Crippen molar-refractivity contribution >= 4 is 0 Å². The molecule has 0 amide bonds. The van der Waals surface area contributed by atoms with Crippen LogP contribution in [0.1, 0.15) is 48.8 Å². The standard InChI is InChI=1S/C30H33N2/c1-32(22-24-11-5-2-6-12-24)28-17-18-29(32)20-25(19-28)21-30(23-31,26-13-7-3-8-14-26)27-15-9-4-10-16-27/h2-16,25,28-29H,17-22H2,1H3/q+1/t25-,28+,29-,32?. The number of rotatable bonds is 6. The molecule has 2 nitrogen and oxygen atoms in total. The Hall–Kier alpha value is -2.89. The Morgan fingerprint density at radius 1 is 0.781 bits per heavy atom. The van der Waals surface area contributed by atoms with Crippen molar-refractivity contribution in [1.82, 2.24) is 0 Å². The molecule has 2 bridgehead atoms. The molecule has 0 radical (unpaired) electrons. The minimum absolute atomic E-state index is 0.577. The zero-order valence-electron chi connectivity index (χ0n) is 19.0. The summed E-state index contributed by atoms with van der Waals surface area (Å²) < 4.78 is 1.18. The Kier molecular flexibility index (Phi) is 5.62. The van der Waals surface area contributed by atoms with Crippen molar-refractivity contribution in [2.45, 2.75) is 56.1 Å². The van der Waals surface area contributed by atoms with Crippen LogP contribution in [0.25, 0.3) is 0 Å². The molecule has 2 aliphatic heterocycles. The summed E-state index contributed by atoms with van der Waals surface area (Å²) in [4.78, 5) is 0. The second-order valence-electron chi connectivity index (χ2n) is 10.2. The predicted octanol–water partition coefficient (Wildman–Crippen LogP) is 6.47. The highest BCUT2D eigenvalue weighted by molar-refractivity contribution is 5.46. The summed E-state index contributed by atoms with van der Waals surface area (Å²) in [6.07, 6.45) is 6.00. The first kappa shape index (κ1) is 21.0. The first-order chi connectivity index (χ1) is 15.6. The Bertz CT molecular complexity index is 1010. The Labute approximate surface area is 192 Å². The first-order valence-corrected chi connectivity index (χ1v) is 12.1. The molecule has 3 aromatic carbocycles. The number of nitriles is 1. The molecule has 2 saturated heterocycles. The quantitative estimate of drug-likeness (QED) is 0.418. The van der Waals surface area contributed by atoms with Gasteiger partial charge in [-0.1, -0.05) is 91.0 Å². The fourth-order valence-electron chi connectivity index (χ4n) is 6.71. The van der Waals surface area contributed by atoms with Crippen molar-refractivity contribution < 1.29 is 4.48 Å². The lowest BCUT2D eigenvalue weighted by Crippen LogP contribution is -2.57. The van der Waals surface area contributed by atoms with Gasteiger partial charge in [0.05, 0.1) is 25.2 Å². The molecule has 4 atom stereocenters. The lowest BCUT2D eigenvalue weighted by atomic mass is 9.67. The van der Waals surface area contributed by atoms with Crippen molar-refractivity contribution in [3.63, 3.8) is 0 Å². The fraction of sp³-hybridized carbons (Fsp3) is 0.367. The minimum atomic E-state index is -0.577. The third-order valence-electron chi connectivity index (χ3n) is 8.40. The second-order valence-corrected chi connectivity index (χ2v) is 10.2. The van der Waals surface area contributed by atoms with Gasteiger partial charge in [0.15, 0.2) is 0 Å². The topological polar surface area (TPSA) is 23.8 Å². The normalized spacial score (nSPS) is 27.1. The highest BCUT2D eigenvalue weighted by atomic mass is 15.4. The van der Waals surface area contributed by atoms with Crippen LogP contribution < -0.4 is 0 Å². The van der Waals surface area contributed by atoms with Gasteiger partial charge in [-0.25, -0.2) is 0 Å². The molecule has 0 aromatic heterocycles. The van der Waals surface area contributed by atoms with Crippen LogP contribution in [0.2, 0.25) is 0 Å². The number of hydrogen-bond acceptors (Lipinski definition) is 1. The molecule has 0 aliphatic carbocycles. The average Bonchev–Trinajstić information content (AvgIpc) is 3.00. The number of piperidine rings is 1. The molecule has 0 spiro atoms. The second kappa shape index (κ2) is 8.57. The third-order valence-corrected chi connectivity index (χ3v) is 8.40. The summed E-state index contributed by atoms with van der Waals surface area (Å²) in [6, 6.07) is 36.1. The number of fused-ring (bicyclic) bond motifs is 2. The molecular weight excluding hydrogens is 388 g/mol. The molecule has 5 rings (SSSR count). The monoisotopic (exact) mass is 421 g/mol. The molecule has 1 unspecified atom stereocenters. The van der Waals surface area contributed by atoms with Crippen LogP contribution in [0, 0.1) is 17.2 Å². The van der Waals surface area contributed by atoms with Gasteiger partial charge in [-0.05, 0) is 23.5 Å². The minimum Gasteiger partial charge on any atom is -0.317 e. The van der Waals surface area contributed by atoms with Crippen molar-refractivity contribution in [2.75, 3.05) is 7.05 Å². The van der Waals surface area contributed by atoms with Crippen LogP contribution in [0.3, 0.4) is 0 Å². The maximum atomic E-state index is 10.6. The molecule has 3 aromatic rings. The summed E-state index contributed by atoms with van der Waals surface area (Å²) in [5.74, 6) is 0.578. The highest BCUT2D eigenvalue weighted by Crippen LogP contribution is 2.49. The van der Waals surface area contributed by atoms with E-state index in [4.69, 9.17) is 0 Å². The van der Waals surface area contributed by atoms with E-state index in [0.717, 1.165) is 24.1 Å². The van der Waals surface area contributed by atoms with E-state index in [0.29, 0.717) is 18.0 Å². The van der Waals surface area contributed by atoms with Crippen LogP contribution in [0.15, 0.2) is 91.0 Å². The van der Waals surface area contributed by atoms with Crippen molar-refractivity contribution in [3.8, 4) is 6.07 Å². The molecule has 2 fully saturated rings. The van der Waals surface area contributed by atoms with Crippen LogP contribution in [0.4, 0.5) is 0 Å². The molecular formula is C30H33N2+. The van der Waals surface area contributed by atoms with Gasteiger partial charge in [-0.3, -0.25) is 0 Å². The summed E-state index contributed by atoms with van der Waals surface area (Å²) in [7, 11) is 2.48. The summed E-state index contributed by atoms with van der Waals surface area (Å²) in [5, 5.41) is 10.6. The lowest BCUT2D eigenvalue weighted by Gasteiger charge is -2.48. The van der Waals surface area contributed by atoms with Gasteiger partial charge >= 0.3 is 0 Å². The molecule has 2 aliphatic rings. The van der Waals surface area contributed by atoms with Gasteiger partial charge in [-0.15, -0.1) is 0 Å². The molecule has 2 heterocycles. The lowest BCUT2D eigenvalue weighted by molar-refractivity contribution is -0.962. The third kappa shape index (κ3) is 3.65. The SMILES string of the molecule is C[N+]1(Cc2ccccc2)[C@@H]2CC[C@H]1C[C@@H](CC(C#N)(c1ccccc1)c1ccccc1)C2.